The summed E-state index contributed by atoms with van der Waals surface area (Å²) in [4.78, 5) is 13.5. The second kappa shape index (κ2) is 4.39. The molecule has 7 nitrogen and oxygen atoms in total. The first-order valence-corrected chi connectivity index (χ1v) is 4.57. The van der Waals surface area contributed by atoms with E-state index in [1.807, 2.05) is 0 Å². The molecule has 0 unspecified atom stereocenters. The molecule has 0 fully saturated rings. The Kier molecular flexibility index (Phi) is 2.77. The number of hydrogen-bond acceptors (Lipinski definition) is 5. The minimum atomic E-state index is -0.528. The summed E-state index contributed by atoms with van der Waals surface area (Å²) in [7, 11) is 0. The second-order valence-corrected chi connectivity index (χ2v) is 3.12. The first-order chi connectivity index (χ1) is 7.75. The van der Waals surface area contributed by atoms with E-state index in [0.29, 0.717) is 6.54 Å². The van der Waals surface area contributed by atoms with Gasteiger partial charge in [0.15, 0.2) is 6.20 Å². The lowest BCUT2D eigenvalue weighted by atomic mass is 10.3. The van der Waals surface area contributed by atoms with E-state index >= 15 is 0 Å². The number of nitro groups is 1. The fourth-order valence-corrected chi connectivity index (χ4v) is 1.18. The second-order valence-electron chi connectivity index (χ2n) is 3.12. The number of aromatic amines is 1. The Morgan fingerprint density at radius 1 is 1.44 bits per heavy atom. The van der Waals surface area contributed by atoms with Crippen LogP contribution in [0.5, 0.6) is 0 Å². The zero-order valence-electron chi connectivity index (χ0n) is 8.25. The lowest BCUT2D eigenvalue weighted by molar-refractivity contribution is -0.389. The number of hydrogen-bond donors (Lipinski definition) is 2. The highest BCUT2D eigenvalue weighted by Gasteiger charge is 2.05. The van der Waals surface area contributed by atoms with Crippen LogP contribution in [0.25, 0.3) is 0 Å². The molecule has 0 aliphatic carbocycles. The van der Waals surface area contributed by atoms with Crippen molar-refractivity contribution in [2.75, 3.05) is 5.32 Å². The van der Waals surface area contributed by atoms with Gasteiger partial charge in [0.25, 0.3) is 0 Å². The zero-order valence-corrected chi connectivity index (χ0v) is 8.25. The summed E-state index contributed by atoms with van der Waals surface area (Å²) in [6.07, 6.45) is 4.90. The topological polar surface area (TPSA) is 96.7 Å². The highest BCUT2D eigenvalue weighted by Crippen LogP contribution is 2.12. The molecule has 0 aromatic carbocycles. The maximum atomic E-state index is 10.4. The number of rotatable bonds is 4. The van der Waals surface area contributed by atoms with Gasteiger partial charge in [-0.3, -0.25) is 5.10 Å². The monoisotopic (exact) mass is 219 g/mol. The SMILES string of the molecule is O=[N+]([O-])c1ccc(NCc2cn[nH]c2)cn1. The van der Waals surface area contributed by atoms with Crippen LogP contribution in [0.15, 0.2) is 30.7 Å². The Balaban J connectivity index is 1.98. The van der Waals surface area contributed by atoms with E-state index in [0.717, 1.165) is 11.3 Å². The lowest BCUT2D eigenvalue weighted by Gasteiger charge is -2.01. The van der Waals surface area contributed by atoms with Crippen molar-refractivity contribution in [3.63, 3.8) is 0 Å². The van der Waals surface area contributed by atoms with E-state index in [-0.39, 0.29) is 5.82 Å². The van der Waals surface area contributed by atoms with Gasteiger partial charge in [0, 0.05) is 24.4 Å². The van der Waals surface area contributed by atoms with Gasteiger partial charge in [-0.15, -0.1) is 0 Å². The van der Waals surface area contributed by atoms with Crippen molar-refractivity contribution < 1.29 is 4.92 Å². The van der Waals surface area contributed by atoms with Crippen LogP contribution in [0, 0.1) is 10.1 Å². The van der Waals surface area contributed by atoms with Crippen LogP contribution in [0.1, 0.15) is 5.56 Å². The molecule has 0 aliphatic heterocycles. The molecule has 0 bridgehead atoms. The van der Waals surface area contributed by atoms with Crippen LogP contribution in [0.4, 0.5) is 11.5 Å². The Labute approximate surface area is 90.7 Å². The van der Waals surface area contributed by atoms with Crippen molar-refractivity contribution in [1.82, 2.24) is 15.2 Å². The predicted molar refractivity (Wildman–Crippen MR) is 56.8 cm³/mol. The van der Waals surface area contributed by atoms with Gasteiger partial charge in [-0.2, -0.15) is 5.10 Å². The summed E-state index contributed by atoms with van der Waals surface area (Å²) in [6, 6.07) is 2.98. The van der Waals surface area contributed by atoms with Crippen LogP contribution in [-0.4, -0.2) is 20.1 Å². The smallest absolute Gasteiger partial charge is 0.363 e. The molecule has 0 saturated heterocycles. The predicted octanol–water partition coefficient (Wildman–Crippen LogP) is 1.32. The Morgan fingerprint density at radius 3 is 2.88 bits per heavy atom. The quantitative estimate of drug-likeness (QED) is 0.597. The van der Waals surface area contributed by atoms with Gasteiger partial charge in [-0.05, 0) is 16.0 Å². The van der Waals surface area contributed by atoms with E-state index in [2.05, 4.69) is 20.5 Å². The summed E-state index contributed by atoms with van der Waals surface area (Å²) in [5, 5.41) is 19.9. The molecule has 7 heteroatoms. The normalized spacial score (nSPS) is 10.0. The van der Waals surface area contributed by atoms with Crippen molar-refractivity contribution in [3.05, 3.63) is 46.4 Å². The third kappa shape index (κ3) is 2.32. The van der Waals surface area contributed by atoms with Crippen LogP contribution in [-0.2, 0) is 6.54 Å². The Bertz CT molecular complexity index is 465. The molecular weight excluding hydrogens is 210 g/mol. The molecule has 0 atom stereocenters. The molecule has 0 spiro atoms. The van der Waals surface area contributed by atoms with Gasteiger partial charge < -0.3 is 15.4 Å². The first kappa shape index (κ1) is 10.1. The third-order valence-corrected chi connectivity index (χ3v) is 1.99. The average molecular weight is 219 g/mol. The van der Waals surface area contributed by atoms with E-state index in [1.54, 1.807) is 18.5 Å². The maximum absolute atomic E-state index is 10.4. The molecule has 2 aromatic rings. The van der Waals surface area contributed by atoms with Gasteiger partial charge in [0.1, 0.15) is 0 Å². The standard InChI is InChI=1S/C9H9N5O2/c15-14(16)9-2-1-8(6-11-9)10-3-7-4-12-13-5-7/h1-2,4-6,10H,3H2,(H,12,13). The molecule has 2 rings (SSSR count). The average Bonchev–Trinajstić information content (AvgIpc) is 2.80. The van der Waals surface area contributed by atoms with Gasteiger partial charge >= 0.3 is 5.82 Å². The summed E-state index contributed by atoms with van der Waals surface area (Å²) >= 11 is 0. The van der Waals surface area contributed by atoms with E-state index < -0.39 is 4.92 Å². The van der Waals surface area contributed by atoms with Gasteiger partial charge in [0.05, 0.1) is 11.9 Å². The van der Waals surface area contributed by atoms with Gasteiger partial charge in [-0.25, -0.2) is 0 Å². The summed E-state index contributed by atoms with van der Waals surface area (Å²) in [5.74, 6) is -0.158. The summed E-state index contributed by atoms with van der Waals surface area (Å²) in [5.41, 5.74) is 1.73. The van der Waals surface area contributed by atoms with Crippen LogP contribution in [0.3, 0.4) is 0 Å². The zero-order chi connectivity index (χ0) is 11.4. The van der Waals surface area contributed by atoms with E-state index in [9.17, 15) is 10.1 Å². The number of anilines is 1. The van der Waals surface area contributed by atoms with Crippen molar-refractivity contribution >= 4 is 11.5 Å². The van der Waals surface area contributed by atoms with Crippen molar-refractivity contribution in [2.24, 2.45) is 0 Å². The molecule has 2 heterocycles. The van der Waals surface area contributed by atoms with E-state index in [4.69, 9.17) is 0 Å². The summed E-state index contributed by atoms with van der Waals surface area (Å²) in [6.45, 7) is 0.593. The Morgan fingerprint density at radius 2 is 2.31 bits per heavy atom. The Hall–Kier alpha value is -2.44. The van der Waals surface area contributed by atoms with E-state index in [1.165, 1.54) is 12.3 Å². The van der Waals surface area contributed by atoms with Crippen molar-refractivity contribution in [2.45, 2.75) is 6.54 Å². The minimum absolute atomic E-state index is 0.158. The minimum Gasteiger partial charge on any atom is -0.378 e. The summed E-state index contributed by atoms with van der Waals surface area (Å²) < 4.78 is 0. The number of aromatic nitrogens is 3. The fraction of sp³-hybridized carbons (Fsp3) is 0.111. The van der Waals surface area contributed by atoms with Crippen molar-refractivity contribution in [1.29, 1.82) is 0 Å². The molecule has 2 N–H and O–H groups in total. The number of H-pyrrole nitrogens is 1. The molecular formula is C9H9N5O2. The number of nitrogens with one attached hydrogen (secondary N) is 2. The maximum Gasteiger partial charge on any atom is 0.363 e. The highest BCUT2D eigenvalue weighted by molar-refractivity contribution is 5.43. The molecule has 0 aliphatic rings. The fourth-order valence-electron chi connectivity index (χ4n) is 1.18. The molecule has 0 radical (unpaired) electrons. The highest BCUT2D eigenvalue weighted by atomic mass is 16.6. The molecule has 0 saturated carbocycles. The largest absolute Gasteiger partial charge is 0.378 e. The van der Waals surface area contributed by atoms with Crippen LogP contribution < -0.4 is 5.32 Å². The van der Waals surface area contributed by atoms with Crippen LogP contribution in [0.2, 0.25) is 0 Å². The lowest BCUT2D eigenvalue weighted by Crippen LogP contribution is -1.99. The van der Waals surface area contributed by atoms with Crippen LogP contribution >= 0.6 is 0 Å². The molecule has 0 amide bonds. The third-order valence-electron chi connectivity index (χ3n) is 1.99. The number of pyridine rings is 1. The van der Waals surface area contributed by atoms with Crippen molar-refractivity contribution in [3.8, 4) is 0 Å². The van der Waals surface area contributed by atoms with Gasteiger partial charge in [-0.1, -0.05) is 0 Å². The number of nitrogens with zero attached hydrogens (tertiary/aromatic N) is 3. The molecule has 16 heavy (non-hydrogen) atoms. The molecule has 2 aromatic heterocycles. The molecule has 82 valence electrons. The van der Waals surface area contributed by atoms with Gasteiger partial charge in [0.2, 0.25) is 0 Å². The first-order valence-electron chi connectivity index (χ1n) is 4.57.